The van der Waals surface area contributed by atoms with Crippen molar-refractivity contribution in [3.63, 3.8) is 0 Å². The molecule has 1 aromatic heterocycles. The first-order chi connectivity index (χ1) is 21.6. The monoisotopic (exact) mass is 701 g/mol. The van der Waals surface area contributed by atoms with Gasteiger partial charge in [0.2, 0.25) is 0 Å². The number of amides is 2. The Labute approximate surface area is 277 Å². The molecule has 0 radical (unpaired) electrons. The van der Waals surface area contributed by atoms with Gasteiger partial charge in [-0.3, -0.25) is 14.4 Å². The number of carbonyl (C=O) groups is 5. The molecule has 17 heteroatoms. The minimum absolute atomic E-state index is 0.0257. The number of nitrogens with zero attached hydrogens (tertiary/aromatic N) is 2. The van der Waals surface area contributed by atoms with E-state index in [0.29, 0.717) is 31.0 Å². The Bertz CT molecular complexity index is 1140. The third-order valence-electron chi connectivity index (χ3n) is 6.82. The zero-order valence-corrected chi connectivity index (χ0v) is 30.5. The molecule has 0 fully saturated rings. The van der Waals surface area contributed by atoms with Crippen LogP contribution in [0, 0.1) is 0 Å². The largest absolute Gasteiger partial charge is 0.481 e. The topological polar surface area (TPSA) is 220 Å². The second kappa shape index (κ2) is 21.1. The first-order valence-corrected chi connectivity index (χ1v) is 22.8. The normalized spacial score (nSPS) is 13.0. The fraction of sp³-hybridized carbons (Fsp3) is 0.690. The minimum atomic E-state index is -2.06. The van der Waals surface area contributed by atoms with Crippen molar-refractivity contribution in [1.29, 1.82) is 0 Å². The highest BCUT2D eigenvalue weighted by Crippen LogP contribution is 2.25. The number of thioether (sulfide) groups is 1. The number of aryl methyl sites for hydroxylation is 1. The molecule has 0 aliphatic carbocycles. The maximum Gasteiger partial charge on any atom is 0.326 e. The Morgan fingerprint density at radius 3 is 2.24 bits per heavy atom. The molecule has 6 N–H and O–H groups in total. The Kier molecular flexibility index (Phi) is 18.9. The van der Waals surface area contributed by atoms with Crippen molar-refractivity contribution in [3.05, 3.63) is 18.0 Å². The van der Waals surface area contributed by atoms with Crippen LogP contribution < -0.4 is 16.4 Å². The lowest BCUT2D eigenvalue weighted by molar-refractivity contribution is -0.148. The number of ketones is 1. The van der Waals surface area contributed by atoms with E-state index < -0.39 is 40.6 Å². The molecule has 0 bridgehead atoms. The number of carboxylic acids is 2. The summed E-state index contributed by atoms with van der Waals surface area (Å²) in [4.78, 5) is 67.3. The smallest absolute Gasteiger partial charge is 0.326 e. The summed E-state index contributed by atoms with van der Waals surface area (Å²) in [5, 5.41) is 24.1. The molecule has 0 spiro atoms. The van der Waals surface area contributed by atoms with Gasteiger partial charge in [-0.25, -0.2) is 19.6 Å². The Morgan fingerprint density at radius 2 is 1.65 bits per heavy atom. The van der Waals surface area contributed by atoms with Crippen LogP contribution in [-0.2, 0) is 34.5 Å². The Morgan fingerprint density at radius 1 is 0.978 bits per heavy atom. The van der Waals surface area contributed by atoms with Gasteiger partial charge < -0.3 is 35.4 Å². The number of hydrogen-bond acceptors (Lipinski definition) is 11. The zero-order chi connectivity index (χ0) is 34.8. The molecule has 1 unspecified atom stereocenters. The minimum Gasteiger partial charge on any atom is -0.481 e. The van der Waals surface area contributed by atoms with Gasteiger partial charge in [0.05, 0.1) is 0 Å². The van der Waals surface area contributed by atoms with Crippen molar-refractivity contribution >= 4 is 58.1 Å². The highest BCUT2D eigenvalue weighted by Gasteiger charge is 2.33. The average Bonchev–Trinajstić information content (AvgIpc) is 2.97. The third-order valence-corrected chi connectivity index (χ3v) is 16.6. The first-order valence-electron chi connectivity index (χ1n) is 15.6. The van der Waals surface area contributed by atoms with Gasteiger partial charge in [0, 0.05) is 56.5 Å². The van der Waals surface area contributed by atoms with Gasteiger partial charge in [-0.15, -0.1) is 0 Å². The van der Waals surface area contributed by atoms with Gasteiger partial charge in [-0.05, 0) is 69.9 Å². The molecule has 1 rings (SSSR count). The quantitative estimate of drug-likeness (QED) is 0.0343. The third kappa shape index (κ3) is 18.9. The summed E-state index contributed by atoms with van der Waals surface area (Å²) in [6.07, 6.45) is 5.51. The number of hydrogen-bond donors (Lipinski definition) is 5. The fourth-order valence-electron chi connectivity index (χ4n) is 4.44. The highest BCUT2D eigenvalue weighted by atomic mass is 32.2. The molecule has 2 atom stereocenters. The van der Waals surface area contributed by atoms with Crippen LogP contribution >= 0.6 is 11.8 Å². The van der Waals surface area contributed by atoms with E-state index >= 15 is 0 Å². The summed E-state index contributed by atoms with van der Waals surface area (Å²) in [5.74, 6) is -2.61. The summed E-state index contributed by atoms with van der Waals surface area (Å²) >= 11 is 1.53. The molecule has 0 saturated carbocycles. The Balaban J connectivity index is 2.43. The van der Waals surface area contributed by atoms with Gasteiger partial charge >= 0.3 is 23.9 Å². The number of carbonyl (C=O) groups excluding carboxylic acids is 3. The lowest BCUT2D eigenvalue weighted by atomic mass is 10.0. The molecule has 0 aliphatic rings. The predicted octanol–water partition coefficient (Wildman–Crippen LogP) is 3.49. The van der Waals surface area contributed by atoms with Crippen LogP contribution in [0.3, 0.4) is 0 Å². The maximum atomic E-state index is 12.4. The van der Waals surface area contributed by atoms with Crippen molar-refractivity contribution in [2.45, 2.75) is 114 Å². The number of aliphatic carboxylic acids is 2. The van der Waals surface area contributed by atoms with Crippen molar-refractivity contribution in [3.8, 4) is 0 Å². The van der Waals surface area contributed by atoms with Crippen LogP contribution in [-0.4, -0.2) is 97.1 Å². The van der Waals surface area contributed by atoms with Gasteiger partial charge in [0.1, 0.15) is 17.9 Å². The van der Waals surface area contributed by atoms with Crippen LogP contribution in [0.15, 0.2) is 17.6 Å². The molecule has 46 heavy (non-hydrogen) atoms. The van der Waals surface area contributed by atoms with Gasteiger partial charge in [0.15, 0.2) is 21.8 Å². The van der Waals surface area contributed by atoms with Crippen LogP contribution in [0.5, 0.6) is 0 Å². The van der Waals surface area contributed by atoms with Gasteiger partial charge in [-0.1, -0.05) is 18.7 Å². The maximum absolute atomic E-state index is 12.4. The lowest BCUT2D eigenvalue weighted by Gasteiger charge is -2.33. The number of Topliss-reactive ketones (excluding diaryl/α,β-unsaturated/α-hetero) is 1. The highest BCUT2D eigenvalue weighted by molar-refractivity contribution is 8.00. The first kappa shape index (κ1) is 41.2. The molecule has 0 saturated heterocycles. The van der Waals surface area contributed by atoms with E-state index in [9.17, 15) is 29.1 Å². The number of carboxylic acid groups (broad SMARTS) is 2. The number of aromatic nitrogens is 2. The van der Waals surface area contributed by atoms with Gasteiger partial charge in [-0.2, -0.15) is 0 Å². The molecule has 2 amide bonds. The van der Waals surface area contributed by atoms with Crippen LogP contribution in [0.25, 0.3) is 0 Å². The van der Waals surface area contributed by atoms with E-state index in [1.54, 1.807) is 12.4 Å². The molecular weight excluding hydrogens is 651 g/mol. The van der Waals surface area contributed by atoms with Crippen molar-refractivity contribution in [2.75, 3.05) is 18.5 Å². The summed E-state index contributed by atoms with van der Waals surface area (Å²) in [6.45, 7) is 11.0. The number of rotatable bonds is 24. The summed E-state index contributed by atoms with van der Waals surface area (Å²) < 4.78 is 12.0. The summed E-state index contributed by atoms with van der Waals surface area (Å²) in [7, 11) is -4.06. The van der Waals surface area contributed by atoms with Crippen LogP contribution in [0.4, 0.5) is 4.79 Å². The molecule has 1 heterocycles. The number of nitrogens with one attached hydrogen (secondary N) is 2. The predicted molar refractivity (Wildman–Crippen MR) is 179 cm³/mol. The molecule has 14 nitrogen and oxygen atoms in total. The molecule has 0 aromatic carbocycles. The van der Waals surface area contributed by atoms with Crippen molar-refractivity contribution in [2.24, 2.45) is 5.73 Å². The van der Waals surface area contributed by atoms with E-state index in [2.05, 4.69) is 46.8 Å². The number of nitrogens with two attached hydrogens (primary N) is 1. The van der Waals surface area contributed by atoms with E-state index in [-0.39, 0.29) is 56.5 Å². The second-order valence-corrected chi connectivity index (χ2v) is 22.4. The standard InChI is InChI=1S/C29H51N5O9SSi2/c1-6-23(17-30)42-26(38)10-8-16-45(2,3)43-46(4,5)20-44-29-32-18-21(19-33-29)11-12-22(35)13-14-24(27(39)40)34-28(41)31-15-7-9-25(36)37/h18-19,23-24H,6-17,20,30H2,1-5H3,(H,36,37)(H,39,40)(H2,31,34,41)/t23?,24-/m0/s1. The average molecular weight is 702 g/mol. The van der Waals surface area contributed by atoms with E-state index in [1.807, 2.05) is 6.92 Å². The van der Waals surface area contributed by atoms with E-state index in [1.165, 1.54) is 11.8 Å². The van der Waals surface area contributed by atoms with Crippen LogP contribution in [0.1, 0.15) is 63.9 Å². The van der Waals surface area contributed by atoms with E-state index in [4.69, 9.17) is 19.7 Å². The van der Waals surface area contributed by atoms with Crippen molar-refractivity contribution < 1.29 is 43.0 Å². The molecule has 0 aliphatic heterocycles. The molecule has 1 aromatic rings. The SMILES string of the molecule is CCC(CN)OC(=O)CCC[Si](C)(C)O[Si](C)(C)CSc1ncc(CCC(=O)CC[C@H](NC(=O)NCCCC(=O)O)C(=O)O)cn1. The fourth-order valence-corrected chi connectivity index (χ4v) is 14.8. The van der Waals surface area contributed by atoms with Gasteiger partial charge in [0.25, 0.3) is 0 Å². The number of esters is 1. The number of urea groups is 1. The lowest BCUT2D eigenvalue weighted by Crippen LogP contribution is -2.46. The molecular formula is C29H51N5O9SSi2. The Hall–Kier alpha value is -2.87. The van der Waals surface area contributed by atoms with E-state index in [0.717, 1.165) is 23.4 Å². The second-order valence-electron chi connectivity index (χ2n) is 12.3. The number of ether oxygens (including phenoxy) is 1. The molecule has 260 valence electrons. The van der Waals surface area contributed by atoms with Crippen LogP contribution in [0.2, 0.25) is 32.2 Å². The summed E-state index contributed by atoms with van der Waals surface area (Å²) in [6, 6.07) is -1.12. The summed E-state index contributed by atoms with van der Waals surface area (Å²) in [5.41, 5.74) is 6.39. The zero-order valence-electron chi connectivity index (χ0n) is 27.6. The van der Waals surface area contributed by atoms with Crippen molar-refractivity contribution in [1.82, 2.24) is 20.6 Å².